The quantitative estimate of drug-likeness (QED) is 0.495. The Labute approximate surface area is 204 Å². The summed E-state index contributed by atoms with van der Waals surface area (Å²) in [6.07, 6.45) is -0.491. The normalized spacial score (nSPS) is 20.3. The van der Waals surface area contributed by atoms with Crippen LogP contribution in [0.4, 0.5) is 23.4 Å². The molecule has 2 bridgehead atoms. The standard InChI is InChI=1S/C25H24F4N6O/c1-13-19-8-17(26)4-5-20(19)35-18(9-22(34-35)25(27,28)29)6-15(10-30)23(32-11-14-2-3-14)16-7-21(36-13)24(31)33-12-16/h4-5,7-10,12-14H,2-3,6,11,30H2,1H3,(H2,31,33). The maximum Gasteiger partial charge on any atom is 0.435 e. The van der Waals surface area contributed by atoms with Crippen molar-refractivity contribution in [3.8, 4) is 11.4 Å². The van der Waals surface area contributed by atoms with Crippen LogP contribution >= 0.6 is 0 Å². The zero-order valence-electron chi connectivity index (χ0n) is 19.4. The minimum absolute atomic E-state index is 0.00511. The molecule has 0 spiro atoms. The summed E-state index contributed by atoms with van der Waals surface area (Å²) in [6, 6.07) is 6.39. The number of anilines is 1. The zero-order valence-corrected chi connectivity index (χ0v) is 19.4. The van der Waals surface area contributed by atoms with Gasteiger partial charge in [0.2, 0.25) is 0 Å². The second kappa shape index (κ2) is 8.96. The molecular weight excluding hydrogens is 476 g/mol. The molecule has 1 unspecified atom stereocenters. The van der Waals surface area contributed by atoms with Crippen LogP contribution in [0.3, 0.4) is 0 Å². The van der Waals surface area contributed by atoms with Gasteiger partial charge in [-0.2, -0.15) is 18.3 Å². The van der Waals surface area contributed by atoms with E-state index >= 15 is 0 Å². The van der Waals surface area contributed by atoms with E-state index in [-0.39, 0.29) is 29.4 Å². The number of nitrogens with two attached hydrogens (primary N) is 2. The molecule has 7 nitrogen and oxygen atoms in total. The molecule has 1 aliphatic heterocycles. The first-order valence-corrected chi connectivity index (χ1v) is 11.5. The van der Waals surface area contributed by atoms with Crippen molar-refractivity contribution in [3.63, 3.8) is 0 Å². The Morgan fingerprint density at radius 3 is 2.69 bits per heavy atom. The highest BCUT2D eigenvalue weighted by molar-refractivity contribution is 6.13. The molecule has 0 radical (unpaired) electrons. The number of fused-ring (bicyclic) bond motifs is 5. The van der Waals surface area contributed by atoms with Crippen molar-refractivity contribution in [1.82, 2.24) is 14.8 Å². The molecule has 5 rings (SSSR count). The molecule has 3 heterocycles. The maximum atomic E-state index is 14.3. The Hall–Kier alpha value is -3.89. The Kier molecular flexibility index (Phi) is 5.93. The first kappa shape index (κ1) is 23.8. The number of halogens is 4. The number of allylic oxidation sites excluding steroid dienone is 1. The Bertz CT molecular complexity index is 1370. The Balaban J connectivity index is 1.75. The molecule has 1 fully saturated rings. The van der Waals surface area contributed by atoms with Crippen molar-refractivity contribution in [2.45, 2.75) is 38.5 Å². The van der Waals surface area contributed by atoms with Gasteiger partial charge >= 0.3 is 6.18 Å². The van der Waals surface area contributed by atoms with Crippen molar-refractivity contribution in [3.05, 3.63) is 76.6 Å². The van der Waals surface area contributed by atoms with Gasteiger partial charge in [-0.3, -0.25) is 4.99 Å². The highest BCUT2D eigenvalue weighted by atomic mass is 19.4. The summed E-state index contributed by atoms with van der Waals surface area (Å²) in [5, 5.41) is 3.85. The number of hydrogen-bond donors (Lipinski definition) is 2. The van der Waals surface area contributed by atoms with E-state index in [4.69, 9.17) is 21.2 Å². The summed E-state index contributed by atoms with van der Waals surface area (Å²) < 4.78 is 62.6. The van der Waals surface area contributed by atoms with Gasteiger partial charge in [0, 0.05) is 36.0 Å². The van der Waals surface area contributed by atoms with Crippen molar-refractivity contribution < 1.29 is 22.3 Å². The van der Waals surface area contributed by atoms with Gasteiger partial charge in [0.05, 0.1) is 11.4 Å². The van der Waals surface area contributed by atoms with Crippen molar-refractivity contribution >= 4 is 11.5 Å². The van der Waals surface area contributed by atoms with Gasteiger partial charge in [0.1, 0.15) is 11.9 Å². The van der Waals surface area contributed by atoms with E-state index in [1.165, 1.54) is 24.5 Å². The summed E-state index contributed by atoms with van der Waals surface area (Å²) in [5.41, 5.74) is 13.3. The summed E-state index contributed by atoms with van der Waals surface area (Å²) >= 11 is 0. The predicted molar refractivity (Wildman–Crippen MR) is 126 cm³/mol. The molecule has 4 N–H and O–H groups in total. The van der Waals surface area contributed by atoms with Crippen molar-refractivity contribution in [2.24, 2.45) is 16.6 Å². The number of benzene rings is 1. The number of hydrogen-bond acceptors (Lipinski definition) is 6. The lowest BCUT2D eigenvalue weighted by Gasteiger charge is -2.22. The number of ether oxygens (including phenoxy) is 1. The van der Waals surface area contributed by atoms with Gasteiger partial charge in [-0.1, -0.05) is 0 Å². The van der Waals surface area contributed by atoms with Crippen LogP contribution in [0.5, 0.6) is 5.75 Å². The number of nitrogen functional groups attached to an aromatic ring is 1. The van der Waals surface area contributed by atoms with E-state index in [1.54, 1.807) is 13.0 Å². The summed E-state index contributed by atoms with van der Waals surface area (Å²) in [7, 11) is 0. The van der Waals surface area contributed by atoms with Crippen LogP contribution in [-0.4, -0.2) is 27.0 Å². The zero-order chi connectivity index (χ0) is 25.6. The molecule has 11 heteroatoms. The van der Waals surface area contributed by atoms with E-state index in [2.05, 4.69) is 10.1 Å². The molecule has 1 atom stereocenters. The molecule has 0 saturated heterocycles. The Morgan fingerprint density at radius 1 is 1.22 bits per heavy atom. The summed E-state index contributed by atoms with van der Waals surface area (Å²) in [5.74, 6) is 0.236. The number of aromatic nitrogens is 3. The first-order valence-electron chi connectivity index (χ1n) is 11.5. The maximum absolute atomic E-state index is 14.3. The number of nitrogens with zero attached hydrogens (tertiary/aromatic N) is 4. The van der Waals surface area contributed by atoms with E-state index in [9.17, 15) is 17.6 Å². The minimum atomic E-state index is -4.68. The van der Waals surface area contributed by atoms with Gasteiger partial charge < -0.3 is 16.2 Å². The van der Waals surface area contributed by atoms with Gasteiger partial charge in [-0.05, 0) is 67.8 Å². The van der Waals surface area contributed by atoms with Gasteiger partial charge in [0.25, 0.3) is 0 Å². The average Bonchev–Trinajstić information content (AvgIpc) is 3.56. The van der Waals surface area contributed by atoms with Crippen LogP contribution in [0.2, 0.25) is 0 Å². The molecule has 1 aromatic carbocycles. The lowest BCUT2D eigenvalue weighted by Crippen LogP contribution is -2.18. The molecule has 36 heavy (non-hydrogen) atoms. The molecule has 0 amide bonds. The molecule has 188 valence electrons. The first-order chi connectivity index (χ1) is 17.1. The summed E-state index contributed by atoms with van der Waals surface area (Å²) in [6.45, 7) is 2.20. The van der Waals surface area contributed by atoms with E-state index in [0.29, 0.717) is 34.9 Å². The fourth-order valence-corrected chi connectivity index (χ4v) is 4.19. The minimum Gasteiger partial charge on any atom is -0.482 e. The third kappa shape index (κ3) is 4.65. The van der Waals surface area contributed by atoms with Gasteiger partial charge in [-0.15, -0.1) is 0 Å². The van der Waals surface area contributed by atoms with Crippen LogP contribution < -0.4 is 16.2 Å². The summed E-state index contributed by atoms with van der Waals surface area (Å²) in [4.78, 5) is 9.01. The SMILES string of the molecule is CC1Oc2cc(cnc2N)C(=NCC2CC2)C(=CN)Cc2cc(C(F)(F)F)nn2-c2ccc(F)cc21. The van der Waals surface area contributed by atoms with Gasteiger partial charge in [0.15, 0.2) is 17.3 Å². The molecule has 1 aliphatic carbocycles. The van der Waals surface area contributed by atoms with E-state index in [0.717, 1.165) is 29.7 Å². The Morgan fingerprint density at radius 2 is 2.00 bits per heavy atom. The predicted octanol–water partition coefficient (Wildman–Crippen LogP) is 4.75. The lowest BCUT2D eigenvalue weighted by atomic mass is 9.99. The highest BCUT2D eigenvalue weighted by Crippen LogP contribution is 2.36. The number of alkyl halides is 3. The fraction of sp³-hybridized carbons (Fsp3) is 0.320. The molecule has 3 aromatic rings. The average molecular weight is 501 g/mol. The topological polar surface area (TPSA) is 104 Å². The van der Waals surface area contributed by atoms with Crippen molar-refractivity contribution in [1.29, 1.82) is 0 Å². The number of pyridine rings is 1. The van der Waals surface area contributed by atoms with Crippen LogP contribution in [0.25, 0.3) is 5.69 Å². The lowest BCUT2D eigenvalue weighted by molar-refractivity contribution is -0.141. The van der Waals surface area contributed by atoms with Crippen LogP contribution in [0.15, 0.2) is 53.3 Å². The van der Waals surface area contributed by atoms with Crippen molar-refractivity contribution in [2.75, 3.05) is 12.3 Å². The second-order valence-corrected chi connectivity index (χ2v) is 9.00. The molecular formula is C25H24F4N6O. The number of rotatable bonds is 2. The van der Waals surface area contributed by atoms with E-state index < -0.39 is 23.8 Å². The second-order valence-electron chi connectivity index (χ2n) is 9.00. The van der Waals surface area contributed by atoms with Crippen LogP contribution in [0, 0.1) is 11.7 Å². The third-order valence-corrected chi connectivity index (χ3v) is 6.27. The molecule has 2 aromatic heterocycles. The smallest absolute Gasteiger partial charge is 0.435 e. The molecule has 2 aliphatic rings. The molecule has 1 saturated carbocycles. The largest absolute Gasteiger partial charge is 0.482 e. The fourth-order valence-electron chi connectivity index (χ4n) is 4.19. The third-order valence-electron chi connectivity index (χ3n) is 6.27. The monoisotopic (exact) mass is 500 g/mol. The van der Waals surface area contributed by atoms with Crippen LogP contribution in [-0.2, 0) is 12.6 Å². The number of aliphatic imine (C=N–C) groups is 1. The van der Waals surface area contributed by atoms with Crippen LogP contribution in [0.1, 0.15) is 48.4 Å². The van der Waals surface area contributed by atoms with E-state index in [1.807, 2.05) is 0 Å². The highest BCUT2D eigenvalue weighted by Gasteiger charge is 2.36. The van der Waals surface area contributed by atoms with Gasteiger partial charge in [-0.25, -0.2) is 14.1 Å².